The van der Waals surface area contributed by atoms with E-state index in [1.807, 2.05) is 24.3 Å². The predicted octanol–water partition coefficient (Wildman–Crippen LogP) is 2.66. The minimum absolute atomic E-state index is 0.0946. The van der Waals surface area contributed by atoms with E-state index in [9.17, 15) is 0 Å². The molecule has 0 unspecified atom stereocenters. The lowest BCUT2D eigenvalue weighted by Crippen LogP contribution is -1.99. The first-order chi connectivity index (χ1) is 8.76. The van der Waals surface area contributed by atoms with Gasteiger partial charge in [0.15, 0.2) is 0 Å². The van der Waals surface area contributed by atoms with Crippen molar-refractivity contribution in [2.75, 3.05) is 0 Å². The molecular weight excluding hydrogens is 228 g/mol. The molecule has 1 aromatic carbocycles. The Hall–Kier alpha value is -2.17. The molecule has 0 atom stereocenters. The Morgan fingerprint density at radius 1 is 1.28 bits per heavy atom. The summed E-state index contributed by atoms with van der Waals surface area (Å²) in [5, 5.41) is 12.3. The van der Waals surface area contributed by atoms with Gasteiger partial charge in [0, 0.05) is 10.8 Å². The summed E-state index contributed by atoms with van der Waals surface area (Å²) in [6, 6.07) is 7.93. The Morgan fingerprint density at radius 2 is 2.11 bits per heavy atom. The zero-order valence-corrected chi connectivity index (χ0v) is 9.97. The number of fused-ring (bicyclic) bond motifs is 1. The van der Waals surface area contributed by atoms with Crippen molar-refractivity contribution in [1.29, 1.82) is 0 Å². The van der Waals surface area contributed by atoms with Gasteiger partial charge >= 0.3 is 0 Å². The van der Waals surface area contributed by atoms with Crippen molar-refractivity contribution in [1.82, 2.24) is 20.3 Å². The number of hydrogen-bond donors (Lipinski definition) is 1. The van der Waals surface area contributed by atoms with E-state index < -0.39 is 0 Å². The van der Waals surface area contributed by atoms with Gasteiger partial charge in [-0.05, 0) is 18.9 Å². The van der Waals surface area contributed by atoms with Crippen LogP contribution >= 0.6 is 0 Å². The highest BCUT2D eigenvalue weighted by Crippen LogP contribution is 2.47. The van der Waals surface area contributed by atoms with Gasteiger partial charge in [-0.3, -0.25) is 5.10 Å². The molecule has 90 valence electrons. The Labute approximate surface area is 103 Å². The third-order valence-corrected chi connectivity index (χ3v) is 3.62. The van der Waals surface area contributed by atoms with E-state index in [0.29, 0.717) is 5.82 Å². The highest BCUT2D eigenvalue weighted by atomic mass is 16.5. The second-order valence-electron chi connectivity index (χ2n) is 5.10. The minimum Gasteiger partial charge on any atom is -0.338 e. The lowest BCUT2D eigenvalue weighted by molar-refractivity contribution is 0.353. The Balaban J connectivity index is 1.85. The lowest BCUT2D eigenvalue weighted by atomic mass is 10.1. The fraction of sp³-hybridized carbons (Fsp3) is 0.308. The van der Waals surface area contributed by atoms with Crippen LogP contribution < -0.4 is 0 Å². The van der Waals surface area contributed by atoms with Crippen molar-refractivity contribution >= 4 is 10.9 Å². The Morgan fingerprint density at radius 3 is 2.94 bits per heavy atom. The first kappa shape index (κ1) is 9.82. The quantitative estimate of drug-likeness (QED) is 0.747. The Bertz CT molecular complexity index is 723. The molecular formula is C13H12N4O. The van der Waals surface area contributed by atoms with E-state index in [1.165, 1.54) is 0 Å². The van der Waals surface area contributed by atoms with E-state index >= 15 is 0 Å². The SMILES string of the molecule is CC1(c2nc(-c3n[nH]c4ccccc34)no2)CC1. The van der Waals surface area contributed by atoms with E-state index in [0.717, 1.165) is 35.3 Å². The maximum Gasteiger partial charge on any atom is 0.232 e. The average molecular weight is 240 g/mol. The number of aromatic nitrogens is 4. The molecule has 4 rings (SSSR count). The summed E-state index contributed by atoms with van der Waals surface area (Å²) in [6.45, 7) is 2.15. The Kier molecular flexibility index (Phi) is 1.74. The van der Waals surface area contributed by atoms with Gasteiger partial charge in [-0.25, -0.2) is 0 Å². The van der Waals surface area contributed by atoms with Crippen LogP contribution in [0.4, 0.5) is 0 Å². The average Bonchev–Trinajstić information content (AvgIpc) is 2.86. The molecule has 1 aliphatic carbocycles. The summed E-state index contributed by atoms with van der Waals surface area (Å²) in [7, 11) is 0. The molecule has 1 saturated carbocycles. The van der Waals surface area contributed by atoms with Crippen LogP contribution in [0, 0.1) is 0 Å². The van der Waals surface area contributed by atoms with Crippen LogP contribution in [-0.4, -0.2) is 20.3 Å². The highest BCUT2D eigenvalue weighted by Gasteiger charge is 2.44. The van der Waals surface area contributed by atoms with Crippen LogP contribution in [0.1, 0.15) is 25.7 Å². The predicted molar refractivity (Wildman–Crippen MR) is 66.0 cm³/mol. The van der Waals surface area contributed by atoms with Gasteiger partial charge in [-0.2, -0.15) is 10.1 Å². The number of nitrogens with zero attached hydrogens (tertiary/aromatic N) is 3. The topological polar surface area (TPSA) is 67.6 Å². The summed E-state index contributed by atoms with van der Waals surface area (Å²) in [5.41, 5.74) is 1.83. The fourth-order valence-corrected chi connectivity index (χ4v) is 2.10. The minimum atomic E-state index is 0.0946. The lowest BCUT2D eigenvalue weighted by Gasteiger charge is -1.96. The highest BCUT2D eigenvalue weighted by molar-refractivity contribution is 5.90. The van der Waals surface area contributed by atoms with Crippen molar-refractivity contribution in [3.05, 3.63) is 30.2 Å². The monoisotopic (exact) mass is 240 g/mol. The van der Waals surface area contributed by atoms with Crippen LogP contribution in [0.2, 0.25) is 0 Å². The largest absolute Gasteiger partial charge is 0.338 e. The van der Waals surface area contributed by atoms with Gasteiger partial charge in [-0.1, -0.05) is 30.3 Å². The third-order valence-electron chi connectivity index (χ3n) is 3.62. The second-order valence-corrected chi connectivity index (χ2v) is 5.10. The maximum atomic E-state index is 5.35. The summed E-state index contributed by atoms with van der Waals surface area (Å²) in [5.74, 6) is 1.29. The molecule has 0 saturated heterocycles. The molecule has 0 radical (unpaired) electrons. The molecule has 18 heavy (non-hydrogen) atoms. The van der Waals surface area contributed by atoms with E-state index in [2.05, 4.69) is 27.3 Å². The molecule has 2 aromatic heterocycles. The summed E-state index contributed by atoms with van der Waals surface area (Å²) < 4.78 is 5.35. The van der Waals surface area contributed by atoms with Crippen LogP contribution in [0.3, 0.4) is 0 Å². The van der Waals surface area contributed by atoms with Crippen LogP contribution in [0.25, 0.3) is 22.4 Å². The van der Waals surface area contributed by atoms with Gasteiger partial charge in [0.25, 0.3) is 0 Å². The van der Waals surface area contributed by atoms with E-state index in [4.69, 9.17) is 4.52 Å². The van der Waals surface area contributed by atoms with Crippen molar-refractivity contribution < 1.29 is 4.52 Å². The third kappa shape index (κ3) is 1.30. The molecule has 3 aromatic rings. The molecule has 0 spiro atoms. The first-order valence-electron chi connectivity index (χ1n) is 6.04. The molecule has 5 nitrogen and oxygen atoms in total. The van der Waals surface area contributed by atoms with E-state index in [1.54, 1.807) is 0 Å². The van der Waals surface area contributed by atoms with Gasteiger partial charge in [-0.15, -0.1) is 0 Å². The number of aromatic amines is 1. The normalized spacial score (nSPS) is 17.2. The van der Waals surface area contributed by atoms with Gasteiger partial charge < -0.3 is 4.52 Å². The molecule has 1 fully saturated rings. The second kappa shape index (κ2) is 3.19. The van der Waals surface area contributed by atoms with Crippen molar-refractivity contribution in [3.8, 4) is 11.5 Å². The van der Waals surface area contributed by atoms with Crippen LogP contribution in [0.5, 0.6) is 0 Å². The molecule has 1 aliphatic rings. The zero-order chi connectivity index (χ0) is 12.2. The van der Waals surface area contributed by atoms with E-state index in [-0.39, 0.29) is 5.41 Å². The summed E-state index contributed by atoms with van der Waals surface area (Å²) in [6.07, 6.45) is 2.24. The van der Waals surface area contributed by atoms with Gasteiger partial charge in [0.2, 0.25) is 11.7 Å². The van der Waals surface area contributed by atoms with Crippen LogP contribution in [0.15, 0.2) is 28.8 Å². The number of H-pyrrole nitrogens is 1. The molecule has 2 heterocycles. The van der Waals surface area contributed by atoms with Crippen molar-refractivity contribution in [2.24, 2.45) is 0 Å². The maximum absolute atomic E-state index is 5.35. The van der Waals surface area contributed by atoms with Crippen molar-refractivity contribution in [2.45, 2.75) is 25.2 Å². The molecule has 0 bridgehead atoms. The molecule has 1 N–H and O–H groups in total. The number of hydrogen-bond acceptors (Lipinski definition) is 4. The first-order valence-corrected chi connectivity index (χ1v) is 6.04. The number of para-hydroxylation sites is 1. The molecule has 5 heteroatoms. The number of nitrogens with one attached hydrogen (secondary N) is 1. The fourth-order valence-electron chi connectivity index (χ4n) is 2.10. The van der Waals surface area contributed by atoms with Gasteiger partial charge in [0.1, 0.15) is 5.69 Å². The number of benzene rings is 1. The number of rotatable bonds is 2. The molecule has 0 amide bonds. The standard InChI is InChI=1S/C13H12N4O/c1-13(6-7-13)12-14-11(17-18-12)10-8-4-2-3-5-9(8)15-16-10/h2-5H,6-7H2,1H3,(H,15,16). The van der Waals surface area contributed by atoms with Crippen molar-refractivity contribution in [3.63, 3.8) is 0 Å². The van der Waals surface area contributed by atoms with Crippen LogP contribution in [-0.2, 0) is 5.41 Å². The smallest absolute Gasteiger partial charge is 0.232 e. The summed E-state index contributed by atoms with van der Waals surface area (Å²) >= 11 is 0. The molecule has 0 aliphatic heterocycles. The summed E-state index contributed by atoms with van der Waals surface area (Å²) in [4.78, 5) is 4.48. The van der Waals surface area contributed by atoms with Gasteiger partial charge in [0.05, 0.1) is 5.52 Å². The zero-order valence-electron chi connectivity index (χ0n) is 9.97.